The van der Waals surface area contributed by atoms with Gasteiger partial charge in [-0.05, 0) is 98.7 Å². The zero-order valence-corrected chi connectivity index (χ0v) is 62.0. The number of imidazole rings is 1. The van der Waals surface area contributed by atoms with Gasteiger partial charge in [0, 0.05) is 92.7 Å². The zero-order chi connectivity index (χ0) is 79.6. The van der Waals surface area contributed by atoms with Crippen molar-refractivity contribution >= 4 is 138 Å². The molecule has 0 spiro atoms. The molecule has 2 aromatic heterocycles. The molecular weight excluding hydrogens is 1470 g/mol. The maximum atomic E-state index is 15.2. The summed E-state index contributed by atoms with van der Waals surface area (Å²) in [5, 5.41) is 58.1. The summed E-state index contributed by atoms with van der Waals surface area (Å²) in [4.78, 5) is 223. The van der Waals surface area contributed by atoms with Gasteiger partial charge in [-0.25, -0.2) is 4.98 Å². The fraction of sp³-hybridized carbons (Fsp3) is 0.479. The Kier molecular flexibility index (Phi) is 31.6. The standard InChI is InChI=1S/C71H94N20O17S2/c1-38(92)81-53-35-109-110-36-54(69(107)91-26-10-18-56(91)70(108)90-25-9-17-55(90)68(106)85-46(15-6-7-23-72)62(100)86-49(60(73)98)31-59(96)97)82-57(93)34-79-61(99)51(29-42-32-78-45-14-5-4-13-44(42)45)88-63(101)47(16-8-24-77-71(74)75)83-65(103)50(28-39-19-20-40-11-2-3-12-41(40)27-39)87-66(104)52(30-43-33-76-37-80-43)89-64(102)48(84-67(53)105)21-22-58(94)95/h2-5,11-14,19-20,27,32-33,37,46-56,78H,6-10,15-18,21-26,28-31,34-36,72H2,1H3,(H2,73,98)(H,76,80)(H,79,99)(H,81,92)(H,82,93)(H,83,103)(H,84,105)(H,85,106)(H,86,100)(H,87,104)(H,88,101)(H,89,102)(H,94,95)(H,96,97)(H4,74,75,77)/t46-,47-,48-,49-,50?,51?,52-,53-,54-,55-,56-/m0/s1. The number of carbonyl (C=O) groups excluding carboxylic acids is 13. The van der Waals surface area contributed by atoms with Gasteiger partial charge in [-0.3, -0.25) is 77.3 Å². The van der Waals surface area contributed by atoms with Crippen LogP contribution in [0.1, 0.15) is 101 Å². The van der Waals surface area contributed by atoms with Crippen LogP contribution < -0.4 is 75.7 Å². The highest BCUT2D eigenvalue weighted by atomic mass is 33.1. The Morgan fingerprint density at radius 1 is 0.655 bits per heavy atom. The summed E-state index contributed by atoms with van der Waals surface area (Å²) in [5.74, 6) is -15.6. The van der Waals surface area contributed by atoms with E-state index in [4.69, 9.17) is 22.6 Å². The van der Waals surface area contributed by atoms with Crippen LogP contribution in [0.15, 0.2) is 85.5 Å². The highest BCUT2D eigenvalue weighted by molar-refractivity contribution is 8.76. The summed E-state index contributed by atoms with van der Waals surface area (Å²) in [6.45, 7) is 0.522. The summed E-state index contributed by atoms with van der Waals surface area (Å²) < 4.78 is 0. The van der Waals surface area contributed by atoms with E-state index in [1.54, 1.807) is 54.7 Å². The fourth-order valence-electron chi connectivity index (χ4n) is 13.1. The van der Waals surface area contributed by atoms with Crippen LogP contribution in [-0.4, -0.2) is 240 Å². The van der Waals surface area contributed by atoms with E-state index in [0.29, 0.717) is 47.0 Å². The van der Waals surface area contributed by atoms with E-state index in [2.05, 4.69) is 73.4 Å². The van der Waals surface area contributed by atoms with Crippen molar-refractivity contribution in [2.45, 2.75) is 170 Å². The molecular formula is C71H94N20O17S2. The molecule has 8 rings (SSSR count). The number of benzene rings is 3. The van der Waals surface area contributed by atoms with Gasteiger partial charge < -0.3 is 106 Å². The quantitative estimate of drug-likeness (QED) is 0.0109. The van der Waals surface area contributed by atoms with Gasteiger partial charge in [0.25, 0.3) is 0 Å². The molecule has 5 heterocycles. The Labute approximate surface area is 639 Å². The number of likely N-dealkylation sites (tertiary alicyclic amines) is 2. The van der Waals surface area contributed by atoms with Gasteiger partial charge in [0.1, 0.15) is 66.5 Å². The molecule has 3 saturated heterocycles. The average Bonchev–Trinajstić information content (AvgIpc) is 1.61. The van der Waals surface area contributed by atoms with Crippen LogP contribution in [0.5, 0.6) is 0 Å². The molecule has 0 bridgehead atoms. The summed E-state index contributed by atoms with van der Waals surface area (Å²) in [5.41, 5.74) is 18.8. The first-order valence-electron chi connectivity index (χ1n) is 36.0. The summed E-state index contributed by atoms with van der Waals surface area (Å²) in [7, 11) is 1.84. The molecule has 37 nitrogen and oxygen atoms in total. The number of fused-ring (bicyclic) bond motifs is 2. The molecule has 3 aromatic carbocycles. The molecule has 0 radical (unpaired) electrons. The van der Waals surface area contributed by atoms with E-state index in [9.17, 15) is 63.0 Å². The number of aromatic amines is 2. The highest BCUT2D eigenvalue weighted by Crippen LogP contribution is 2.29. The van der Waals surface area contributed by atoms with Crippen LogP contribution in [-0.2, 0) is 91.2 Å². The minimum atomic E-state index is -1.71. The number of rotatable bonds is 27. The first-order chi connectivity index (χ1) is 52.7. The summed E-state index contributed by atoms with van der Waals surface area (Å²) in [6, 6.07) is 3.45. The Morgan fingerprint density at radius 2 is 1.28 bits per heavy atom. The molecule has 39 heteroatoms. The summed E-state index contributed by atoms with van der Waals surface area (Å²) >= 11 is 0. The Balaban J connectivity index is 1.13. The van der Waals surface area contributed by atoms with Gasteiger partial charge in [-0.1, -0.05) is 82.3 Å². The number of nitrogens with one attached hydrogen (secondary N) is 14. The van der Waals surface area contributed by atoms with Gasteiger partial charge in [0.05, 0.1) is 19.3 Å². The Hall–Kier alpha value is -11.4. The minimum absolute atomic E-state index is 0.000654. The van der Waals surface area contributed by atoms with Crippen molar-refractivity contribution in [1.82, 2.24) is 83.2 Å². The van der Waals surface area contributed by atoms with E-state index in [1.807, 2.05) is 18.2 Å². The van der Waals surface area contributed by atoms with Crippen molar-refractivity contribution in [3.63, 3.8) is 0 Å². The zero-order valence-electron chi connectivity index (χ0n) is 60.4. The lowest BCUT2D eigenvalue weighted by Gasteiger charge is -2.33. The minimum Gasteiger partial charge on any atom is -0.481 e. The molecule has 0 aliphatic carbocycles. The molecule has 13 amide bonds. The number of carbonyl (C=O) groups is 15. The van der Waals surface area contributed by atoms with Crippen LogP contribution in [0.3, 0.4) is 0 Å². The molecule has 2 unspecified atom stereocenters. The van der Waals surface area contributed by atoms with E-state index < -0.39 is 187 Å². The smallest absolute Gasteiger partial charge is 0.305 e. The second-order valence-corrected chi connectivity index (χ2v) is 29.4. The predicted molar refractivity (Wildman–Crippen MR) is 403 cm³/mol. The normalized spacial score (nSPS) is 22.2. The number of unbranched alkanes of at least 4 members (excludes halogenated alkanes) is 1. The van der Waals surface area contributed by atoms with Crippen molar-refractivity contribution in [3.8, 4) is 0 Å². The van der Waals surface area contributed by atoms with Gasteiger partial charge in [-0.2, -0.15) is 0 Å². The third-order valence-corrected chi connectivity index (χ3v) is 21.1. The number of nitrogens with zero attached hydrogens (tertiary/aromatic N) is 3. The van der Waals surface area contributed by atoms with Crippen LogP contribution in [0.25, 0.3) is 21.7 Å². The number of aromatic nitrogens is 3. The lowest BCUT2D eigenvalue weighted by molar-refractivity contribution is -0.148. The molecule has 592 valence electrons. The first kappa shape index (κ1) is 84.3. The van der Waals surface area contributed by atoms with Crippen LogP contribution in [0.4, 0.5) is 0 Å². The lowest BCUT2D eigenvalue weighted by atomic mass is 9.99. The monoisotopic (exact) mass is 1560 g/mol. The SMILES string of the molecule is CC(=O)N[C@H]1CSSC[C@@H](C(=O)N2CCC[C@H]2C(=O)N2CCC[C@H]2C(=O)N[C@@H](CCCCN)C(=O)N[C@@H](CC(=O)O)C(N)=O)NC(=O)CNC(=O)C(Cc2c[nH]c3ccccc23)NC(=O)[C@H](CCCNC(=N)N)NC(=O)C(Cc2ccc3ccccc3c2)NC(=O)[C@H](Cc2cnc[nH]2)NC(=O)[C@H](CCC(=O)O)NC1=O. The summed E-state index contributed by atoms with van der Waals surface area (Å²) in [6.07, 6.45) is 2.85. The molecule has 3 fully saturated rings. The molecule has 5 aromatic rings. The number of hydrogen-bond donors (Lipinski definition) is 19. The second kappa shape index (κ2) is 41.3. The van der Waals surface area contributed by atoms with Crippen molar-refractivity contribution in [2.24, 2.45) is 17.2 Å². The second-order valence-electron chi connectivity index (χ2n) is 26.9. The van der Waals surface area contributed by atoms with Gasteiger partial charge >= 0.3 is 11.9 Å². The first-order valence-corrected chi connectivity index (χ1v) is 38.5. The molecule has 0 saturated carbocycles. The van der Waals surface area contributed by atoms with Crippen molar-refractivity contribution in [1.29, 1.82) is 5.41 Å². The third kappa shape index (κ3) is 24.8. The molecule has 110 heavy (non-hydrogen) atoms. The predicted octanol–water partition coefficient (Wildman–Crippen LogP) is -2.83. The number of aliphatic carboxylic acids is 2. The number of nitrogens with two attached hydrogens (primary N) is 3. The molecule has 3 aliphatic rings. The van der Waals surface area contributed by atoms with Gasteiger partial charge in [0.2, 0.25) is 76.8 Å². The topological polar surface area (TPSA) is 582 Å². The molecule has 11 atom stereocenters. The van der Waals surface area contributed by atoms with Crippen molar-refractivity contribution in [3.05, 3.63) is 102 Å². The third-order valence-electron chi connectivity index (χ3n) is 18.7. The number of primary amides is 1. The Morgan fingerprint density at radius 3 is 1.95 bits per heavy atom. The van der Waals surface area contributed by atoms with E-state index in [1.165, 1.54) is 22.3 Å². The largest absolute Gasteiger partial charge is 0.481 e. The van der Waals surface area contributed by atoms with Crippen LogP contribution >= 0.6 is 21.6 Å². The van der Waals surface area contributed by atoms with Crippen molar-refractivity contribution in [2.75, 3.05) is 44.2 Å². The maximum absolute atomic E-state index is 15.2. The number of guanidine groups is 1. The number of amides is 13. The van der Waals surface area contributed by atoms with Crippen LogP contribution in [0, 0.1) is 5.41 Å². The number of H-pyrrole nitrogens is 2. The number of para-hydroxylation sites is 1. The van der Waals surface area contributed by atoms with E-state index in [0.717, 1.165) is 39.3 Å². The van der Waals surface area contributed by atoms with Crippen LogP contribution in [0.2, 0.25) is 0 Å². The molecule has 22 N–H and O–H groups in total. The average molecular weight is 1560 g/mol. The van der Waals surface area contributed by atoms with E-state index >= 15 is 19.2 Å². The Bertz CT molecular complexity index is 4180. The maximum Gasteiger partial charge on any atom is 0.305 e. The van der Waals surface area contributed by atoms with Gasteiger partial charge in [-0.15, -0.1) is 0 Å². The lowest BCUT2D eigenvalue weighted by Crippen LogP contribution is -2.61. The van der Waals surface area contributed by atoms with Crippen molar-refractivity contribution < 1.29 is 82.1 Å². The van der Waals surface area contributed by atoms with E-state index in [-0.39, 0.29) is 95.5 Å². The fourth-order valence-corrected chi connectivity index (χ4v) is 15.4. The highest BCUT2D eigenvalue weighted by Gasteiger charge is 2.45. The number of carboxylic acid groups (broad SMARTS) is 2. The number of hydrogen-bond acceptors (Lipinski definition) is 20. The molecule has 3 aliphatic heterocycles. The number of carboxylic acids is 2. The van der Waals surface area contributed by atoms with Gasteiger partial charge in [0.15, 0.2) is 5.96 Å².